The van der Waals surface area contributed by atoms with Gasteiger partial charge in [0.2, 0.25) is 53.2 Å². The fraction of sp³-hybridized carbons (Fsp3) is 0.458. The molecule has 0 bridgehead atoms. The number of carboxylic acid groups (broad SMARTS) is 1. The van der Waals surface area contributed by atoms with Crippen LogP contribution in [0.25, 0.3) is 10.9 Å². The molecule has 4 rings (SSSR count). The Morgan fingerprint density at radius 3 is 1.95 bits per heavy atom. The number of rotatable bonds is 18. The van der Waals surface area contributed by atoms with E-state index in [-0.39, 0.29) is 82.9 Å². The third-order valence-electron chi connectivity index (χ3n) is 11.8. The summed E-state index contributed by atoms with van der Waals surface area (Å²) in [4.78, 5) is 147. The molecule has 3 aromatic rings. The van der Waals surface area contributed by atoms with Gasteiger partial charge in [0.05, 0.1) is 6.42 Å². The van der Waals surface area contributed by atoms with E-state index in [0.717, 1.165) is 12.4 Å². The number of H-pyrrole nitrogens is 1. The number of carboxylic acids is 1. The van der Waals surface area contributed by atoms with Gasteiger partial charge >= 0.3 is 5.97 Å². The summed E-state index contributed by atoms with van der Waals surface area (Å²) < 4.78 is 0. The molecule has 0 saturated carbocycles. The summed E-state index contributed by atoms with van der Waals surface area (Å²) >= 11 is 0. The molecule has 27 nitrogen and oxygen atoms in total. The third-order valence-corrected chi connectivity index (χ3v) is 11.8. The molecular weight excluding hydrogens is 977 g/mol. The van der Waals surface area contributed by atoms with Gasteiger partial charge in [-0.05, 0) is 62.1 Å². The molecule has 1 aliphatic rings. The second kappa shape index (κ2) is 29.7. The molecule has 9 amide bonds. The number of carbonyl (C=O) groups excluding carboxylic acids is 9. The van der Waals surface area contributed by atoms with Crippen molar-refractivity contribution in [2.24, 2.45) is 38.7 Å². The van der Waals surface area contributed by atoms with E-state index in [1.165, 1.54) is 0 Å². The first-order valence-corrected chi connectivity index (χ1v) is 24.3. The lowest BCUT2D eigenvalue weighted by Crippen LogP contribution is -2.60. The zero-order valence-corrected chi connectivity index (χ0v) is 41.5. The van der Waals surface area contributed by atoms with Gasteiger partial charge in [-0.2, -0.15) is 0 Å². The molecular formula is C48H68N16O11. The standard InChI is InChI=1S/C48H68N16O11/c1-26(65)58-31(14-7-20-55-47(50)51)40(68)60-33-17-18-39(67)54-19-9-16-34(46(74)75)61-44(72)36(23-28-25-57-30-13-6-5-12-29(28)30)63-41(69)32(15-8-21-56-48(52)53)59-43(71)35(22-27-10-3-2-4-11-27)62-45(73)37(24-38(49)66)64-42(33)70/h2-6,10-13,25,31-37,57H,7-9,14-24H2,1H3,(H2,49,66)(H,54,67)(H,58,65)(H,59,71)(H,60,68)(H,61,72)(H,62,73)(H,63,69)(H,64,70)(H,74,75)(H4,50,51,55)(H4,52,53,56)/t31-,32-,33?,34?,35?,36-,37-/m0/s1. The molecule has 7 atom stereocenters. The maximum Gasteiger partial charge on any atom is 0.326 e. The highest BCUT2D eigenvalue weighted by atomic mass is 16.4. The molecule has 75 heavy (non-hydrogen) atoms. The molecule has 1 fully saturated rings. The zero-order chi connectivity index (χ0) is 55.0. The Bertz CT molecular complexity index is 2560. The first kappa shape index (κ1) is 58.8. The first-order valence-electron chi connectivity index (χ1n) is 24.3. The monoisotopic (exact) mass is 1040 g/mol. The van der Waals surface area contributed by atoms with E-state index in [2.05, 4.69) is 57.5 Å². The molecule has 3 unspecified atom stereocenters. The van der Waals surface area contributed by atoms with Crippen LogP contribution in [0.1, 0.15) is 75.8 Å². The largest absolute Gasteiger partial charge is 0.480 e. The van der Waals surface area contributed by atoms with Gasteiger partial charge in [0.15, 0.2) is 11.9 Å². The molecule has 2 aromatic carbocycles. The molecule has 20 N–H and O–H groups in total. The fourth-order valence-electron chi connectivity index (χ4n) is 8.05. The van der Waals surface area contributed by atoms with Gasteiger partial charge in [-0.15, -0.1) is 0 Å². The Balaban J connectivity index is 1.77. The Labute approximate surface area is 431 Å². The van der Waals surface area contributed by atoms with Crippen LogP contribution in [0.4, 0.5) is 0 Å². The minimum Gasteiger partial charge on any atom is -0.480 e. The number of nitrogens with two attached hydrogens (primary N) is 5. The number of amides is 9. The molecule has 1 saturated heterocycles. The molecule has 0 radical (unpaired) electrons. The van der Waals surface area contributed by atoms with E-state index < -0.39 is 121 Å². The van der Waals surface area contributed by atoms with Crippen LogP contribution in [0.3, 0.4) is 0 Å². The van der Waals surface area contributed by atoms with Gasteiger partial charge in [-0.1, -0.05) is 48.5 Å². The fourth-order valence-corrected chi connectivity index (χ4v) is 8.05. The smallest absolute Gasteiger partial charge is 0.326 e. The van der Waals surface area contributed by atoms with E-state index >= 15 is 0 Å². The number of nitrogens with one attached hydrogen (secondary N) is 9. The number of para-hydroxylation sites is 1. The van der Waals surface area contributed by atoms with Crippen LogP contribution in [0.5, 0.6) is 0 Å². The number of hydrogen-bond donors (Lipinski definition) is 15. The van der Waals surface area contributed by atoms with Gasteiger partial charge in [0.25, 0.3) is 0 Å². The summed E-state index contributed by atoms with van der Waals surface area (Å²) in [5.74, 6) is -9.89. The summed E-state index contributed by atoms with van der Waals surface area (Å²) in [7, 11) is 0. The number of nitrogens with zero attached hydrogens (tertiary/aromatic N) is 2. The number of fused-ring (bicyclic) bond motifs is 1. The maximum atomic E-state index is 14.5. The van der Waals surface area contributed by atoms with Gasteiger partial charge in [-0.3, -0.25) is 53.1 Å². The quantitative estimate of drug-likeness (QED) is 0.0329. The number of hydrogen-bond acceptors (Lipinski definition) is 12. The van der Waals surface area contributed by atoms with Crippen LogP contribution < -0.4 is 71.2 Å². The highest BCUT2D eigenvalue weighted by Gasteiger charge is 2.35. The van der Waals surface area contributed by atoms with Crippen molar-refractivity contribution in [1.82, 2.24) is 47.5 Å². The van der Waals surface area contributed by atoms with E-state index in [4.69, 9.17) is 28.7 Å². The lowest BCUT2D eigenvalue weighted by Gasteiger charge is -2.27. The van der Waals surface area contributed by atoms with E-state index in [1.807, 2.05) is 0 Å². The molecule has 0 spiro atoms. The van der Waals surface area contributed by atoms with Crippen molar-refractivity contribution >= 4 is 82.0 Å². The zero-order valence-electron chi connectivity index (χ0n) is 41.5. The van der Waals surface area contributed by atoms with Crippen molar-refractivity contribution in [2.45, 2.75) is 120 Å². The molecule has 2 heterocycles. The number of primary amides is 1. The summed E-state index contributed by atoms with van der Waals surface area (Å²) in [5.41, 5.74) is 29.3. The van der Waals surface area contributed by atoms with E-state index in [1.54, 1.807) is 60.8 Å². The molecule has 406 valence electrons. The summed E-state index contributed by atoms with van der Waals surface area (Å²) in [6.45, 7) is 1.15. The second-order valence-electron chi connectivity index (χ2n) is 17.8. The predicted molar refractivity (Wildman–Crippen MR) is 274 cm³/mol. The number of aromatic nitrogens is 1. The second-order valence-corrected chi connectivity index (χ2v) is 17.8. The molecule has 27 heteroatoms. The molecule has 0 aliphatic carbocycles. The van der Waals surface area contributed by atoms with Crippen molar-refractivity contribution in [3.05, 3.63) is 71.9 Å². The van der Waals surface area contributed by atoms with Crippen LogP contribution >= 0.6 is 0 Å². The minimum absolute atomic E-state index is 0.00405. The summed E-state index contributed by atoms with van der Waals surface area (Å²) in [6.07, 6.45) is -0.369. The van der Waals surface area contributed by atoms with Gasteiger partial charge in [0, 0.05) is 62.9 Å². The van der Waals surface area contributed by atoms with Crippen LogP contribution in [-0.4, -0.2) is 143 Å². The Morgan fingerprint density at radius 2 is 1.29 bits per heavy atom. The van der Waals surface area contributed by atoms with Crippen molar-refractivity contribution in [3.63, 3.8) is 0 Å². The highest BCUT2D eigenvalue weighted by molar-refractivity contribution is 5.99. The average molecular weight is 1050 g/mol. The minimum atomic E-state index is -1.79. The molecule has 1 aliphatic heterocycles. The maximum absolute atomic E-state index is 14.5. The Morgan fingerprint density at radius 1 is 0.707 bits per heavy atom. The average Bonchev–Trinajstić information content (AvgIpc) is 3.76. The number of aromatic amines is 1. The highest BCUT2D eigenvalue weighted by Crippen LogP contribution is 2.20. The van der Waals surface area contributed by atoms with Gasteiger partial charge in [0.1, 0.15) is 42.3 Å². The third kappa shape index (κ3) is 20.3. The van der Waals surface area contributed by atoms with Crippen molar-refractivity contribution in [3.8, 4) is 0 Å². The van der Waals surface area contributed by atoms with Crippen LogP contribution in [0.2, 0.25) is 0 Å². The van der Waals surface area contributed by atoms with Crippen LogP contribution in [0.15, 0.2) is 70.8 Å². The number of aliphatic carboxylic acids is 1. The Hall–Kier alpha value is -8.78. The van der Waals surface area contributed by atoms with Crippen molar-refractivity contribution in [2.75, 3.05) is 19.6 Å². The molecule has 1 aromatic heterocycles. The lowest BCUT2D eigenvalue weighted by atomic mass is 10.0. The first-order chi connectivity index (χ1) is 35.7. The lowest BCUT2D eigenvalue weighted by molar-refractivity contribution is -0.142. The normalized spacial score (nSPS) is 21.0. The number of guanidine groups is 2. The summed E-state index contributed by atoms with van der Waals surface area (Å²) in [6, 6.07) is 5.00. The predicted octanol–water partition coefficient (Wildman–Crippen LogP) is -3.88. The van der Waals surface area contributed by atoms with Crippen LogP contribution in [-0.2, 0) is 60.8 Å². The SMILES string of the molecule is CC(=O)N[C@@H](CCCN=C(N)N)C(=O)NC1CCC(=O)NCCCC(C(=O)O)NC(=O)[C@H](Cc2c[nH]c3ccccc23)NC(=O)[C@H](CCCN=C(N)N)NC(=O)C(Cc2ccccc2)NC(=O)[C@H](CC(N)=O)NC1=O. The number of benzene rings is 2. The van der Waals surface area contributed by atoms with Crippen molar-refractivity contribution < 1.29 is 53.1 Å². The van der Waals surface area contributed by atoms with Crippen LogP contribution in [0, 0.1) is 0 Å². The topological polar surface area (TPSA) is 458 Å². The number of aliphatic imine (C=N–C) groups is 2. The summed E-state index contributed by atoms with van der Waals surface area (Å²) in [5, 5.41) is 31.4. The Kier molecular flexibility index (Phi) is 23.3. The van der Waals surface area contributed by atoms with E-state index in [9.17, 15) is 53.1 Å². The van der Waals surface area contributed by atoms with Crippen molar-refractivity contribution in [1.29, 1.82) is 0 Å². The van der Waals surface area contributed by atoms with Gasteiger partial charge in [-0.25, -0.2) is 4.79 Å². The van der Waals surface area contributed by atoms with Gasteiger partial charge < -0.3 is 81.3 Å². The van der Waals surface area contributed by atoms with E-state index in [0.29, 0.717) is 16.5 Å². The number of carbonyl (C=O) groups is 10.